The number of carbonyl (C=O) groups excluding carboxylic acids is 4. The van der Waals surface area contributed by atoms with Crippen LogP contribution in [0.15, 0.2) is 36.4 Å². The number of benzene rings is 2. The molecule has 31 heavy (non-hydrogen) atoms. The maximum atomic E-state index is 12.7. The van der Waals surface area contributed by atoms with Crippen LogP contribution in [0.25, 0.3) is 10.8 Å². The number of urea groups is 1. The monoisotopic (exact) mass is 425 g/mol. The third-order valence-electron chi connectivity index (χ3n) is 5.73. The van der Waals surface area contributed by atoms with Crippen LogP contribution >= 0.6 is 0 Å². The van der Waals surface area contributed by atoms with Gasteiger partial charge >= 0.3 is 12.0 Å². The van der Waals surface area contributed by atoms with Crippen molar-refractivity contribution in [3.8, 4) is 5.75 Å². The lowest BCUT2D eigenvalue weighted by atomic mass is 9.82. The molecule has 0 radical (unpaired) electrons. The summed E-state index contributed by atoms with van der Waals surface area (Å²) in [5, 5.41) is 5.08. The van der Waals surface area contributed by atoms with Crippen LogP contribution in [-0.4, -0.2) is 48.1 Å². The molecule has 2 N–H and O–H groups in total. The van der Waals surface area contributed by atoms with E-state index >= 15 is 0 Å². The number of hydrogen-bond acceptors (Lipinski definition) is 6. The van der Waals surface area contributed by atoms with Crippen LogP contribution in [-0.2, 0) is 14.3 Å². The SMILES string of the molecule is COc1cc2ccccc2cc1C(=O)OCC(=O)NN1C(=O)NC2(CCCCC2)C1=O. The maximum Gasteiger partial charge on any atom is 0.344 e. The molecule has 0 bridgehead atoms. The molecule has 2 aromatic carbocycles. The molecule has 1 heterocycles. The van der Waals surface area contributed by atoms with Crippen molar-refractivity contribution in [3.63, 3.8) is 0 Å². The van der Waals surface area contributed by atoms with Crippen molar-refractivity contribution >= 4 is 34.6 Å². The Kier molecular flexibility index (Phi) is 5.50. The largest absolute Gasteiger partial charge is 0.496 e. The lowest BCUT2D eigenvalue weighted by molar-refractivity contribution is -0.140. The summed E-state index contributed by atoms with van der Waals surface area (Å²) >= 11 is 0. The van der Waals surface area contributed by atoms with Gasteiger partial charge in [-0.25, -0.2) is 9.59 Å². The molecule has 1 saturated carbocycles. The number of hydrogen-bond donors (Lipinski definition) is 2. The molecule has 1 spiro atoms. The van der Waals surface area contributed by atoms with Crippen LogP contribution in [0, 0.1) is 0 Å². The average molecular weight is 425 g/mol. The van der Waals surface area contributed by atoms with Gasteiger partial charge in [-0.2, -0.15) is 5.01 Å². The van der Waals surface area contributed by atoms with Gasteiger partial charge in [-0.15, -0.1) is 0 Å². The number of ether oxygens (including phenoxy) is 2. The maximum absolute atomic E-state index is 12.7. The quantitative estimate of drug-likeness (QED) is 0.561. The van der Waals surface area contributed by atoms with E-state index in [0.29, 0.717) is 23.6 Å². The number of nitrogens with zero attached hydrogens (tertiary/aromatic N) is 1. The Bertz CT molecular complexity index is 1060. The number of hydrazine groups is 1. The number of amides is 4. The number of carbonyl (C=O) groups is 4. The summed E-state index contributed by atoms with van der Waals surface area (Å²) in [6.07, 6.45) is 3.75. The summed E-state index contributed by atoms with van der Waals surface area (Å²) in [5.41, 5.74) is 1.46. The lowest BCUT2D eigenvalue weighted by Gasteiger charge is -2.30. The highest BCUT2D eigenvalue weighted by Gasteiger charge is 2.52. The summed E-state index contributed by atoms with van der Waals surface area (Å²) in [6, 6.07) is 10.1. The van der Waals surface area contributed by atoms with Gasteiger partial charge < -0.3 is 14.8 Å². The van der Waals surface area contributed by atoms with Crippen molar-refractivity contribution in [2.24, 2.45) is 0 Å². The first-order chi connectivity index (χ1) is 14.9. The Hall–Kier alpha value is -3.62. The summed E-state index contributed by atoms with van der Waals surface area (Å²) in [7, 11) is 1.44. The predicted octanol–water partition coefficient (Wildman–Crippen LogP) is 2.29. The van der Waals surface area contributed by atoms with E-state index in [1.807, 2.05) is 24.3 Å². The van der Waals surface area contributed by atoms with Crippen molar-refractivity contribution in [2.45, 2.75) is 37.6 Å². The van der Waals surface area contributed by atoms with E-state index in [1.54, 1.807) is 12.1 Å². The van der Waals surface area contributed by atoms with Crippen LogP contribution < -0.4 is 15.5 Å². The van der Waals surface area contributed by atoms with E-state index in [-0.39, 0.29) is 5.56 Å². The van der Waals surface area contributed by atoms with Gasteiger partial charge in [0.25, 0.3) is 11.8 Å². The summed E-state index contributed by atoms with van der Waals surface area (Å²) < 4.78 is 10.4. The molecular weight excluding hydrogens is 402 g/mol. The normalized spacial score (nSPS) is 17.5. The highest BCUT2D eigenvalue weighted by molar-refractivity contribution is 6.08. The Morgan fingerprint density at radius 1 is 1.10 bits per heavy atom. The van der Waals surface area contributed by atoms with Gasteiger partial charge in [0.1, 0.15) is 16.9 Å². The van der Waals surface area contributed by atoms with Crippen molar-refractivity contribution in [1.29, 1.82) is 0 Å². The molecule has 162 valence electrons. The third-order valence-corrected chi connectivity index (χ3v) is 5.73. The van der Waals surface area contributed by atoms with Crippen molar-refractivity contribution in [3.05, 3.63) is 42.0 Å². The predicted molar refractivity (Wildman–Crippen MR) is 110 cm³/mol. The number of rotatable bonds is 5. The topological polar surface area (TPSA) is 114 Å². The minimum absolute atomic E-state index is 0.171. The van der Waals surface area contributed by atoms with Crippen molar-refractivity contribution in [1.82, 2.24) is 15.8 Å². The molecule has 4 rings (SSSR count). The number of nitrogens with one attached hydrogen (secondary N) is 2. The fraction of sp³-hybridized carbons (Fsp3) is 0.364. The highest BCUT2D eigenvalue weighted by Crippen LogP contribution is 2.33. The van der Waals surface area contributed by atoms with Crippen LogP contribution in [0.4, 0.5) is 4.79 Å². The van der Waals surface area contributed by atoms with Crippen LogP contribution in [0.3, 0.4) is 0 Å². The van der Waals surface area contributed by atoms with Gasteiger partial charge in [-0.3, -0.25) is 15.0 Å². The second kappa shape index (κ2) is 8.25. The van der Waals surface area contributed by atoms with Crippen LogP contribution in [0.5, 0.6) is 5.75 Å². The Morgan fingerprint density at radius 2 is 1.77 bits per heavy atom. The fourth-order valence-corrected chi connectivity index (χ4v) is 4.13. The molecule has 0 atom stereocenters. The number of imide groups is 1. The Morgan fingerprint density at radius 3 is 2.45 bits per heavy atom. The zero-order valence-electron chi connectivity index (χ0n) is 17.1. The van der Waals surface area contributed by atoms with E-state index < -0.39 is 36.0 Å². The summed E-state index contributed by atoms with van der Waals surface area (Å²) in [4.78, 5) is 49.7. The van der Waals surface area contributed by atoms with Crippen molar-refractivity contribution in [2.75, 3.05) is 13.7 Å². The van der Waals surface area contributed by atoms with Gasteiger partial charge in [0.2, 0.25) is 0 Å². The molecule has 1 aliphatic carbocycles. The average Bonchev–Trinajstić information content (AvgIpc) is 3.00. The first kappa shape index (κ1) is 20.6. The van der Waals surface area contributed by atoms with Gasteiger partial charge in [-0.05, 0) is 35.7 Å². The van der Waals surface area contributed by atoms with Crippen molar-refractivity contribution < 1.29 is 28.7 Å². The fourth-order valence-electron chi connectivity index (χ4n) is 4.13. The first-order valence-electron chi connectivity index (χ1n) is 10.1. The molecule has 9 nitrogen and oxygen atoms in total. The van der Waals surface area contributed by atoms with E-state index in [4.69, 9.17) is 9.47 Å². The molecular formula is C22H23N3O6. The Labute approximate surface area is 178 Å². The minimum Gasteiger partial charge on any atom is -0.496 e. The summed E-state index contributed by atoms with van der Waals surface area (Å²) in [6.45, 7) is -0.654. The second-order valence-corrected chi connectivity index (χ2v) is 7.72. The minimum atomic E-state index is -0.947. The van der Waals surface area contributed by atoms with Gasteiger partial charge in [0, 0.05) is 0 Å². The Balaban J connectivity index is 1.40. The molecule has 1 aliphatic heterocycles. The van der Waals surface area contributed by atoms with Crippen LogP contribution in [0.1, 0.15) is 42.5 Å². The second-order valence-electron chi connectivity index (χ2n) is 7.72. The third kappa shape index (κ3) is 3.90. The highest BCUT2D eigenvalue weighted by atomic mass is 16.5. The molecule has 9 heteroatoms. The van der Waals surface area contributed by atoms with Crippen LogP contribution in [0.2, 0.25) is 0 Å². The molecule has 2 fully saturated rings. The van der Waals surface area contributed by atoms with Gasteiger partial charge in [0.05, 0.1) is 7.11 Å². The number of esters is 1. The lowest BCUT2D eigenvalue weighted by Crippen LogP contribution is -2.51. The zero-order chi connectivity index (χ0) is 22.0. The molecule has 0 unspecified atom stereocenters. The van der Waals surface area contributed by atoms with E-state index in [2.05, 4.69) is 10.7 Å². The number of methoxy groups -OCH3 is 1. The molecule has 1 saturated heterocycles. The molecule has 0 aromatic heterocycles. The van der Waals surface area contributed by atoms with E-state index in [9.17, 15) is 19.2 Å². The summed E-state index contributed by atoms with van der Waals surface area (Å²) in [5.74, 6) is -1.70. The molecule has 2 aliphatic rings. The van der Waals surface area contributed by atoms with E-state index in [1.165, 1.54) is 7.11 Å². The first-order valence-corrected chi connectivity index (χ1v) is 10.1. The van der Waals surface area contributed by atoms with Gasteiger partial charge in [-0.1, -0.05) is 43.5 Å². The van der Waals surface area contributed by atoms with Gasteiger partial charge in [0.15, 0.2) is 6.61 Å². The molecule has 4 amide bonds. The standard InChI is InChI=1S/C22H23N3O6/c1-30-17-12-15-8-4-3-7-14(15)11-16(17)19(27)31-13-18(26)24-25-20(28)22(23-21(25)29)9-5-2-6-10-22/h3-4,7-8,11-12H,2,5-6,9-10,13H2,1H3,(H,23,29)(H,24,26). The number of fused-ring (bicyclic) bond motifs is 1. The zero-order valence-corrected chi connectivity index (χ0v) is 17.1. The molecule has 2 aromatic rings. The van der Waals surface area contributed by atoms with E-state index in [0.717, 1.165) is 30.0 Å². The smallest absolute Gasteiger partial charge is 0.344 e.